The van der Waals surface area contributed by atoms with Crippen LogP contribution in [-0.2, 0) is 7.05 Å². The maximum atomic E-state index is 5.58. The average Bonchev–Trinajstić information content (AvgIpc) is 2.30. The first-order chi connectivity index (χ1) is 5.29. The highest BCUT2D eigenvalue weighted by atomic mass is 15.1. The van der Waals surface area contributed by atoms with Gasteiger partial charge in [-0.15, -0.1) is 0 Å². The van der Waals surface area contributed by atoms with E-state index >= 15 is 0 Å². The first kappa shape index (κ1) is 6.15. The van der Waals surface area contributed by atoms with Gasteiger partial charge in [0.15, 0.2) is 0 Å². The standard InChI is InChI=1S/C7H8N4/c1-11-6-4-9-3-2-5(6)10-7(11)8/h2-4H,1H3,(H2,8,10). The van der Waals surface area contributed by atoms with Gasteiger partial charge in [-0.2, -0.15) is 0 Å². The Bertz CT molecular complexity index is 390. The molecule has 0 saturated heterocycles. The van der Waals surface area contributed by atoms with E-state index in [9.17, 15) is 0 Å². The Hall–Kier alpha value is -1.58. The van der Waals surface area contributed by atoms with E-state index in [1.54, 1.807) is 12.4 Å². The number of fused-ring (bicyclic) bond motifs is 1. The first-order valence-electron chi connectivity index (χ1n) is 3.31. The second-order valence-electron chi connectivity index (χ2n) is 2.39. The second kappa shape index (κ2) is 1.95. The zero-order chi connectivity index (χ0) is 7.84. The largest absolute Gasteiger partial charge is 0.369 e. The lowest BCUT2D eigenvalue weighted by molar-refractivity contribution is 0.962. The van der Waals surface area contributed by atoms with Crippen molar-refractivity contribution in [3.8, 4) is 0 Å². The molecule has 0 unspecified atom stereocenters. The minimum atomic E-state index is 0.521. The Balaban J connectivity index is 2.92. The minimum Gasteiger partial charge on any atom is -0.369 e. The monoisotopic (exact) mass is 148 g/mol. The van der Waals surface area contributed by atoms with E-state index in [1.807, 2.05) is 17.7 Å². The molecule has 2 rings (SSSR count). The van der Waals surface area contributed by atoms with Crippen LogP contribution >= 0.6 is 0 Å². The van der Waals surface area contributed by atoms with Gasteiger partial charge in [0.25, 0.3) is 0 Å². The normalized spacial score (nSPS) is 10.6. The summed E-state index contributed by atoms with van der Waals surface area (Å²) in [7, 11) is 1.87. The molecule has 2 aromatic rings. The van der Waals surface area contributed by atoms with Crippen molar-refractivity contribution in [3.63, 3.8) is 0 Å². The zero-order valence-electron chi connectivity index (χ0n) is 6.15. The van der Waals surface area contributed by atoms with Crippen LogP contribution in [-0.4, -0.2) is 14.5 Å². The number of nitrogen functional groups attached to an aromatic ring is 1. The van der Waals surface area contributed by atoms with Crippen LogP contribution in [0.2, 0.25) is 0 Å². The highest BCUT2D eigenvalue weighted by Gasteiger charge is 2.01. The molecule has 0 aliphatic rings. The fraction of sp³-hybridized carbons (Fsp3) is 0.143. The van der Waals surface area contributed by atoms with Crippen LogP contribution in [0.5, 0.6) is 0 Å². The van der Waals surface area contributed by atoms with Crippen LogP contribution in [0.1, 0.15) is 0 Å². The molecule has 0 bridgehead atoms. The van der Waals surface area contributed by atoms with Gasteiger partial charge in [-0.05, 0) is 6.07 Å². The summed E-state index contributed by atoms with van der Waals surface area (Å²) in [4.78, 5) is 8.08. The van der Waals surface area contributed by atoms with Crippen molar-refractivity contribution in [1.82, 2.24) is 14.5 Å². The number of aromatic nitrogens is 3. The molecule has 0 saturated carbocycles. The molecule has 0 atom stereocenters. The summed E-state index contributed by atoms with van der Waals surface area (Å²) in [5.41, 5.74) is 7.43. The summed E-state index contributed by atoms with van der Waals surface area (Å²) >= 11 is 0. The van der Waals surface area contributed by atoms with E-state index in [4.69, 9.17) is 5.73 Å². The van der Waals surface area contributed by atoms with Crippen LogP contribution in [0.3, 0.4) is 0 Å². The van der Waals surface area contributed by atoms with Crippen LogP contribution in [0.4, 0.5) is 5.95 Å². The second-order valence-corrected chi connectivity index (χ2v) is 2.39. The highest BCUT2D eigenvalue weighted by molar-refractivity contribution is 5.76. The number of aryl methyl sites for hydroxylation is 1. The van der Waals surface area contributed by atoms with Gasteiger partial charge in [0, 0.05) is 13.2 Å². The number of hydrogen-bond acceptors (Lipinski definition) is 3. The molecule has 4 nitrogen and oxygen atoms in total. The fourth-order valence-corrected chi connectivity index (χ4v) is 1.05. The number of rotatable bonds is 0. The molecule has 0 fully saturated rings. The molecular formula is C7H8N4. The lowest BCUT2D eigenvalue weighted by Gasteiger charge is -1.92. The maximum Gasteiger partial charge on any atom is 0.200 e. The fourth-order valence-electron chi connectivity index (χ4n) is 1.05. The number of imidazole rings is 1. The average molecular weight is 148 g/mol. The summed E-state index contributed by atoms with van der Waals surface area (Å²) in [5.74, 6) is 0.521. The Morgan fingerprint density at radius 3 is 3.09 bits per heavy atom. The molecule has 0 radical (unpaired) electrons. The molecule has 4 heteroatoms. The van der Waals surface area contributed by atoms with Gasteiger partial charge >= 0.3 is 0 Å². The van der Waals surface area contributed by atoms with Crippen LogP contribution in [0, 0.1) is 0 Å². The smallest absolute Gasteiger partial charge is 0.200 e. The van der Waals surface area contributed by atoms with E-state index in [0.717, 1.165) is 11.0 Å². The van der Waals surface area contributed by atoms with E-state index in [2.05, 4.69) is 9.97 Å². The van der Waals surface area contributed by atoms with E-state index in [0.29, 0.717) is 5.95 Å². The molecular weight excluding hydrogens is 140 g/mol. The van der Waals surface area contributed by atoms with Crippen molar-refractivity contribution in [2.45, 2.75) is 0 Å². The van der Waals surface area contributed by atoms with Crippen molar-refractivity contribution in [2.24, 2.45) is 7.05 Å². The summed E-state index contributed by atoms with van der Waals surface area (Å²) in [6.45, 7) is 0. The van der Waals surface area contributed by atoms with Crippen molar-refractivity contribution in [1.29, 1.82) is 0 Å². The van der Waals surface area contributed by atoms with Crippen molar-refractivity contribution in [2.75, 3.05) is 5.73 Å². The Labute approximate surface area is 63.7 Å². The topological polar surface area (TPSA) is 56.7 Å². The summed E-state index contributed by atoms with van der Waals surface area (Å²) in [6.07, 6.45) is 3.45. The molecule has 0 aliphatic heterocycles. The van der Waals surface area contributed by atoms with Gasteiger partial charge < -0.3 is 10.3 Å². The predicted octanol–water partition coefficient (Wildman–Crippen LogP) is 0.551. The van der Waals surface area contributed by atoms with E-state index in [1.165, 1.54) is 0 Å². The summed E-state index contributed by atoms with van der Waals surface area (Å²) in [5, 5.41) is 0. The third-order valence-corrected chi connectivity index (χ3v) is 1.72. The molecule has 2 heterocycles. The van der Waals surface area contributed by atoms with Gasteiger partial charge in [0.1, 0.15) is 0 Å². The van der Waals surface area contributed by atoms with Gasteiger partial charge in [-0.1, -0.05) is 0 Å². The number of anilines is 1. The van der Waals surface area contributed by atoms with Gasteiger partial charge in [-0.25, -0.2) is 4.98 Å². The third kappa shape index (κ3) is 0.756. The number of nitrogens with zero attached hydrogens (tertiary/aromatic N) is 3. The van der Waals surface area contributed by atoms with Crippen LogP contribution < -0.4 is 5.73 Å². The lowest BCUT2D eigenvalue weighted by Crippen LogP contribution is -1.95. The molecule has 0 aromatic carbocycles. The molecule has 56 valence electrons. The molecule has 2 N–H and O–H groups in total. The first-order valence-corrected chi connectivity index (χ1v) is 3.31. The minimum absolute atomic E-state index is 0.521. The van der Waals surface area contributed by atoms with E-state index < -0.39 is 0 Å². The highest BCUT2D eigenvalue weighted by Crippen LogP contribution is 2.13. The van der Waals surface area contributed by atoms with Crippen LogP contribution in [0.15, 0.2) is 18.5 Å². The molecule has 0 amide bonds. The SMILES string of the molecule is Cn1c(N)nc2ccncc21. The Kier molecular flexibility index (Phi) is 1.09. The van der Waals surface area contributed by atoms with E-state index in [-0.39, 0.29) is 0 Å². The molecule has 2 aromatic heterocycles. The van der Waals surface area contributed by atoms with Crippen LogP contribution in [0.25, 0.3) is 11.0 Å². The quantitative estimate of drug-likeness (QED) is 0.593. The predicted molar refractivity (Wildman–Crippen MR) is 42.9 cm³/mol. The van der Waals surface area contributed by atoms with Crippen molar-refractivity contribution in [3.05, 3.63) is 18.5 Å². The Morgan fingerprint density at radius 2 is 2.36 bits per heavy atom. The van der Waals surface area contributed by atoms with Gasteiger partial charge in [0.2, 0.25) is 5.95 Å². The summed E-state index contributed by atoms with van der Waals surface area (Å²) in [6, 6.07) is 1.84. The maximum absolute atomic E-state index is 5.58. The van der Waals surface area contributed by atoms with Gasteiger partial charge in [-0.3, -0.25) is 4.98 Å². The van der Waals surface area contributed by atoms with Gasteiger partial charge in [0.05, 0.1) is 17.2 Å². The molecule has 11 heavy (non-hydrogen) atoms. The molecule has 0 spiro atoms. The van der Waals surface area contributed by atoms with Crippen molar-refractivity contribution >= 4 is 17.0 Å². The molecule has 0 aliphatic carbocycles. The Morgan fingerprint density at radius 1 is 1.55 bits per heavy atom. The zero-order valence-corrected chi connectivity index (χ0v) is 6.15. The van der Waals surface area contributed by atoms with Crippen molar-refractivity contribution < 1.29 is 0 Å². The number of nitrogens with two attached hydrogens (primary N) is 1. The lowest BCUT2D eigenvalue weighted by atomic mass is 10.4. The number of pyridine rings is 1. The third-order valence-electron chi connectivity index (χ3n) is 1.72. The number of hydrogen-bond donors (Lipinski definition) is 1. The summed E-state index contributed by atoms with van der Waals surface area (Å²) < 4.78 is 1.81.